The standard InChI is InChI=1S/C13H20BNO4/c1-12(2)13(3,4)19-14(18-12)9-8-15(5)11(16)7-10(9)17-6/h7-8H,1-6H3. The van der Waals surface area contributed by atoms with Gasteiger partial charge < -0.3 is 18.6 Å². The number of pyridine rings is 1. The first-order valence-electron chi connectivity index (χ1n) is 6.28. The van der Waals surface area contributed by atoms with Gasteiger partial charge in [-0.1, -0.05) is 0 Å². The Balaban J connectivity index is 2.45. The van der Waals surface area contributed by atoms with Crippen molar-refractivity contribution in [2.45, 2.75) is 38.9 Å². The summed E-state index contributed by atoms with van der Waals surface area (Å²) in [6.45, 7) is 7.95. The molecule has 0 saturated carbocycles. The van der Waals surface area contributed by atoms with Crippen LogP contribution in [0.25, 0.3) is 0 Å². The molecule has 0 aliphatic carbocycles. The third-order valence-corrected chi connectivity index (χ3v) is 3.95. The Kier molecular flexibility index (Phi) is 3.27. The van der Waals surface area contributed by atoms with E-state index in [4.69, 9.17) is 14.0 Å². The fourth-order valence-electron chi connectivity index (χ4n) is 1.96. The molecule has 0 bridgehead atoms. The van der Waals surface area contributed by atoms with Gasteiger partial charge in [0.05, 0.1) is 18.3 Å². The van der Waals surface area contributed by atoms with Crippen LogP contribution in [0.3, 0.4) is 0 Å². The lowest BCUT2D eigenvalue weighted by molar-refractivity contribution is 0.00578. The van der Waals surface area contributed by atoms with E-state index in [2.05, 4.69) is 0 Å². The molecule has 2 rings (SSSR count). The highest BCUT2D eigenvalue weighted by Crippen LogP contribution is 2.36. The molecule has 0 amide bonds. The zero-order chi connectivity index (χ0) is 14.4. The maximum atomic E-state index is 11.6. The molecule has 1 aromatic heterocycles. The van der Waals surface area contributed by atoms with E-state index >= 15 is 0 Å². The van der Waals surface area contributed by atoms with Gasteiger partial charge in [0.2, 0.25) is 0 Å². The van der Waals surface area contributed by atoms with Crippen molar-refractivity contribution >= 4 is 12.6 Å². The van der Waals surface area contributed by atoms with E-state index in [0.717, 1.165) is 5.46 Å². The summed E-state index contributed by atoms with van der Waals surface area (Å²) in [5.74, 6) is 0.488. The van der Waals surface area contributed by atoms with Crippen LogP contribution >= 0.6 is 0 Å². The van der Waals surface area contributed by atoms with E-state index in [1.807, 2.05) is 27.7 Å². The first-order chi connectivity index (χ1) is 8.68. The van der Waals surface area contributed by atoms with Gasteiger partial charge in [0.15, 0.2) is 0 Å². The van der Waals surface area contributed by atoms with Gasteiger partial charge >= 0.3 is 7.12 Å². The second-order valence-corrected chi connectivity index (χ2v) is 5.83. The second kappa shape index (κ2) is 4.39. The van der Waals surface area contributed by atoms with Crippen molar-refractivity contribution in [1.29, 1.82) is 0 Å². The highest BCUT2D eigenvalue weighted by atomic mass is 16.7. The molecule has 1 saturated heterocycles. The van der Waals surface area contributed by atoms with E-state index in [1.165, 1.54) is 17.7 Å². The van der Waals surface area contributed by atoms with E-state index in [9.17, 15) is 4.79 Å². The van der Waals surface area contributed by atoms with Gasteiger partial charge in [0.25, 0.3) is 5.56 Å². The maximum Gasteiger partial charge on any atom is 0.500 e. The first kappa shape index (κ1) is 14.2. The molecular formula is C13H20BNO4. The zero-order valence-electron chi connectivity index (χ0n) is 12.3. The SMILES string of the molecule is COc1cc(=O)n(C)cc1B1OC(C)(C)C(C)(C)O1. The van der Waals surface area contributed by atoms with Gasteiger partial charge in [-0.3, -0.25) is 4.79 Å². The summed E-state index contributed by atoms with van der Waals surface area (Å²) in [6.07, 6.45) is 1.70. The average Bonchev–Trinajstić information content (AvgIpc) is 2.51. The normalized spacial score (nSPS) is 20.6. The van der Waals surface area contributed by atoms with Gasteiger partial charge in [0, 0.05) is 24.8 Å². The minimum atomic E-state index is -0.535. The molecule has 19 heavy (non-hydrogen) atoms. The van der Waals surface area contributed by atoms with Gasteiger partial charge in [-0.05, 0) is 27.7 Å². The Hall–Kier alpha value is -1.27. The lowest BCUT2D eigenvalue weighted by Gasteiger charge is -2.32. The van der Waals surface area contributed by atoms with Crippen LogP contribution in [0.2, 0.25) is 0 Å². The lowest BCUT2D eigenvalue weighted by Crippen LogP contribution is -2.41. The van der Waals surface area contributed by atoms with Crippen LogP contribution < -0.4 is 15.8 Å². The Bertz CT molecular complexity index is 534. The minimum Gasteiger partial charge on any atom is -0.497 e. The molecule has 1 aliphatic heterocycles. The Morgan fingerprint density at radius 1 is 1.21 bits per heavy atom. The predicted octanol–water partition coefficient (Wildman–Crippen LogP) is 0.693. The number of aromatic nitrogens is 1. The smallest absolute Gasteiger partial charge is 0.497 e. The van der Waals surface area contributed by atoms with E-state index < -0.39 is 18.3 Å². The number of ether oxygens (including phenoxy) is 1. The fraction of sp³-hybridized carbons (Fsp3) is 0.615. The van der Waals surface area contributed by atoms with Crippen molar-refractivity contribution in [3.05, 3.63) is 22.6 Å². The monoisotopic (exact) mass is 265 g/mol. The van der Waals surface area contributed by atoms with Crippen LogP contribution in [0.4, 0.5) is 0 Å². The molecule has 0 aromatic carbocycles. The quantitative estimate of drug-likeness (QED) is 0.738. The molecule has 0 spiro atoms. The van der Waals surface area contributed by atoms with E-state index in [1.54, 1.807) is 13.2 Å². The summed E-state index contributed by atoms with van der Waals surface area (Å²) in [6, 6.07) is 1.44. The predicted molar refractivity (Wildman–Crippen MR) is 74.0 cm³/mol. The third-order valence-electron chi connectivity index (χ3n) is 3.95. The summed E-state index contributed by atoms with van der Waals surface area (Å²) in [7, 11) is 2.69. The van der Waals surface area contributed by atoms with Crippen molar-refractivity contribution in [3.63, 3.8) is 0 Å². The van der Waals surface area contributed by atoms with Crippen molar-refractivity contribution in [2.75, 3.05) is 7.11 Å². The van der Waals surface area contributed by atoms with Crippen molar-refractivity contribution in [2.24, 2.45) is 7.05 Å². The molecule has 2 heterocycles. The maximum absolute atomic E-state index is 11.6. The molecule has 5 nitrogen and oxygen atoms in total. The van der Waals surface area contributed by atoms with E-state index in [-0.39, 0.29) is 5.56 Å². The molecule has 1 fully saturated rings. The van der Waals surface area contributed by atoms with Gasteiger partial charge in [-0.25, -0.2) is 0 Å². The lowest BCUT2D eigenvalue weighted by atomic mass is 9.79. The molecule has 1 aromatic rings. The summed E-state index contributed by atoms with van der Waals surface area (Å²) in [5.41, 5.74) is -0.241. The van der Waals surface area contributed by atoms with Crippen molar-refractivity contribution < 1.29 is 14.0 Å². The summed E-state index contributed by atoms with van der Waals surface area (Å²) < 4.78 is 18.7. The molecule has 0 N–H and O–H groups in total. The molecule has 104 valence electrons. The number of hydrogen-bond donors (Lipinski definition) is 0. The summed E-state index contributed by atoms with van der Waals surface area (Å²) in [5, 5.41) is 0. The Morgan fingerprint density at radius 2 is 1.74 bits per heavy atom. The Labute approximate surface area is 113 Å². The zero-order valence-corrected chi connectivity index (χ0v) is 12.3. The molecule has 0 atom stereocenters. The van der Waals surface area contributed by atoms with Crippen LogP contribution in [-0.4, -0.2) is 30.0 Å². The largest absolute Gasteiger partial charge is 0.500 e. The number of hydrogen-bond acceptors (Lipinski definition) is 4. The second-order valence-electron chi connectivity index (χ2n) is 5.83. The number of nitrogens with zero attached hydrogens (tertiary/aromatic N) is 1. The molecule has 0 unspecified atom stereocenters. The van der Waals surface area contributed by atoms with Crippen LogP contribution in [0.5, 0.6) is 5.75 Å². The van der Waals surface area contributed by atoms with Crippen LogP contribution in [-0.2, 0) is 16.4 Å². The van der Waals surface area contributed by atoms with Gasteiger partial charge in [0.1, 0.15) is 5.75 Å². The van der Waals surface area contributed by atoms with Crippen LogP contribution in [0.15, 0.2) is 17.1 Å². The highest BCUT2D eigenvalue weighted by molar-refractivity contribution is 6.63. The number of aryl methyl sites for hydroxylation is 1. The van der Waals surface area contributed by atoms with Crippen molar-refractivity contribution in [3.8, 4) is 5.75 Å². The number of rotatable bonds is 2. The van der Waals surface area contributed by atoms with Gasteiger partial charge in [-0.15, -0.1) is 0 Å². The van der Waals surface area contributed by atoms with E-state index in [0.29, 0.717) is 5.75 Å². The molecule has 6 heteroatoms. The molecule has 1 aliphatic rings. The number of methoxy groups -OCH3 is 1. The fourth-order valence-corrected chi connectivity index (χ4v) is 1.96. The minimum absolute atomic E-state index is 0.128. The highest BCUT2D eigenvalue weighted by Gasteiger charge is 2.52. The van der Waals surface area contributed by atoms with Gasteiger partial charge in [-0.2, -0.15) is 0 Å². The van der Waals surface area contributed by atoms with Crippen molar-refractivity contribution in [1.82, 2.24) is 4.57 Å². The van der Waals surface area contributed by atoms with Crippen LogP contribution in [0.1, 0.15) is 27.7 Å². The third kappa shape index (κ3) is 2.30. The summed E-state index contributed by atoms with van der Waals surface area (Å²) in [4.78, 5) is 11.6. The van der Waals surface area contributed by atoms with Crippen LogP contribution in [0, 0.1) is 0 Å². The molecular weight excluding hydrogens is 245 g/mol. The topological polar surface area (TPSA) is 49.7 Å². The average molecular weight is 265 g/mol. The summed E-state index contributed by atoms with van der Waals surface area (Å²) >= 11 is 0. The first-order valence-corrected chi connectivity index (χ1v) is 6.28. The Morgan fingerprint density at radius 3 is 2.21 bits per heavy atom. The molecule has 0 radical (unpaired) electrons.